The Labute approximate surface area is 111 Å². The van der Waals surface area contributed by atoms with Crippen molar-refractivity contribution in [1.29, 1.82) is 0 Å². The van der Waals surface area contributed by atoms with Gasteiger partial charge >= 0.3 is 6.09 Å². The fraction of sp³-hybridized carbons (Fsp3) is 0.929. The van der Waals surface area contributed by atoms with Crippen LogP contribution in [0, 0.1) is 11.3 Å². The van der Waals surface area contributed by atoms with E-state index in [0.717, 1.165) is 19.4 Å². The Morgan fingerprint density at radius 2 is 1.89 bits per heavy atom. The summed E-state index contributed by atoms with van der Waals surface area (Å²) in [7, 11) is 0. The molecule has 0 saturated carbocycles. The number of carbonyl (C=O) groups is 1. The van der Waals surface area contributed by atoms with Crippen LogP contribution in [0.5, 0.6) is 0 Å². The first-order valence-corrected chi connectivity index (χ1v) is 6.79. The molecular formula is C14H29NO3. The molecule has 0 aromatic heterocycles. The zero-order valence-corrected chi connectivity index (χ0v) is 12.5. The number of nitrogens with one attached hydrogen (secondary N) is 1. The van der Waals surface area contributed by atoms with E-state index in [1.807, 2.05) is 13.8 Å². The largest absolute Gasteiger partial charge is 0.449 e. The highest BCUT2D eigenvalue weighted by atomic mass is 16.5. The SMILES string of the molecule is CC(C)COC(=O)NCCOCCCC(C)(C)C. The lowest BCUT2D eigenvalue weighted by Gasteiger charge is -2.17. The molecule has 0 saturated heterocycles. The molecule has 0 aromatic rings. The Hall–Kier alpha value is -0.770. The molecule has 0 bridgehead atoms. The summed E-state index contributed by atoms with van der Waals surface area (Å²) in [6.07, 6.45) is 1.85. The van der Waals surface area contributed by atoms with Crippen LogP contribution in [0.4, 0.5) is 4.79 Å². The molecule has 0 rings (SSSR count). The molecule has 1 N–H and O–H groups in total. The lowest BCUT2D eigenvalue weighted by atomic mass is 9.91. The summed E-state index contributed by atoms with van der Waals surface area (Å²) >= 11 is 0. The van der Waals surface area contributed by atoms with Crippen molar-refractivity contribution in [2.24, 2.45) is 11.3 Å². The van der Waals surface area contributed by atoms with Crippen molar-refractivity contribution in [3.63, 3.8) is 0 Å². The minimum Gasteiger partial charge on any atom is -0.449 e. The summed E-state index contributed by atoms with van der Waals surface area (Å²) in [5, 5.41) is 2.66. The Morgan fingerprint density at radius 1 is 1.22 bits per heavy atom. The normalized spacial score (nSPS) is 11.7. The summed E-state index contributed by atoms with van der Waals surface area (Å²) < 4.78 is 10.4. The molecule has 0 spiro atoms. The maximum Gasteiger partial charge on any atom is 0.407 e. The van der Waals surface area contributed by atoms with Crippen LogP contribution in [-0.4, -0.2) is 32.5 Å². The van der Waals surface area contributed by atoms with Crippen molar-refractivity contribution < 1.29 is 14.3 Å². The van der Waals surface area contributed by atoms with Crippen molar-refractivity contribution >= 4 is 6.09 Å². The van der Waals surface area contributed by atoms with Crippen molar-refractivity contribution in [2.45, 2.75) is 47.5 Å². The van der Waals surface area contributed by atoms with Gasteiger partial charge in [0.15, 0.2) is 0 Å². The Kier molecular flexibility index (Phi) is 8.81. The topological polar surface area (TPSA) is 47.6 Å². The fourth-order valence-corrected chi connectivity index (χ4v) is 1.33. The summed E-state index contributed by atoms with van der Waals surface area (Å²) in [4.78, 5) is 11.2. The van der Waals surface area contributed by atoms with Crippen LogP contribution in [0.2, 0.25) is 0 Å². The van der Waals surface area contributed by atoms with E-state index >= 15 is 0 Å². The van der Waals surface area contributed by atoms with Gasteiger partial charge in [-0.15, -0.1) is 0 Å². The summed E-state index contributed by atoms with van der Waals surface area (Å²) in [6.45, 7) is 12.9. The number of hydrogen-bond acceptors (Lipinski definition) is 3. The van der Waals surface area contributed by atoms with Crippen LogP contribution in [0.25, 0.3) is 0 Å². The van der Waals surface area contributed by atoms with Crippen LogP contribution in [0.1, 0.15) is 47.5 Å². The Balaban J connectivity index is 3.28. The standard InChI is InChI=1S/C14H29NO3/c1-12(2)11-18-13(16)15-8-10-17-9-6-7-14(3,4)5/h12H,6-11H2,1-5H3,(H,15,16). The molecule has 4 heteroatoms. The summed E-state index contributed by atoms with van der Waals surface area (Å²) in [5.74, 6) is 0.365. The molecule has 0 aromatic carbocycles. The highest BCUT2D eigenvalue weighted by molar-refractivity contribution is 5.67. The molecule has 4 nitrogen and oxygen atoms in total. The van der Waals surface area contributed by atoms with Crippen LogP contribution >= 0.6 is 0 Å². The maximum absolute atomic E-state index is 11.2. The van der Waals surface area contributed by atoms with Gasteiger partial charge in [-0.25, -0.2) is 4.79 Å². The number of amides is 1. The third-order valence-electron chi connectivity index (χ3n) is 2.28. The Bertz CT molecular complexity index is 222. The first kappa shape index (κ1) is 17.2. The van der Waals surface area contributed by atoms with Gasteiger partial charge in [0, 0.05) is 13.2 Å². The average molecular weight is 259 g/mol. The van der Waals surface area contributed by atoms with Gasteiger partial charge in [-0.1, -0.05) is 34.6 Å². The van der Waals surface area contributed by atoms with Gasteiger partial charge in [0.1, 0.15) is 0 Å². The number of alkyl carbamates (subject to hydrolysis) is 1. The predicted molar refractivity (Wildman–Crippen MR) is 73.7 cm³/mol. The number of hydrogen-bond donors (Lipinski definition) is 1. The van der Waals surface area contributed by atoms with Crippen molar-refractivity contribution in [2.75, 3.05) is 26.4 Å². The highest BCUT2D eigenvalue weighted by Crippen LogP contribution is 2.20. The smallest absolute Gasteiger partial charge is 0.407 e. The minimum atomic E-state index is -0.359. The second kappa shape index (κ2) is 9.20. The Morgan fingerprint density at radius 3 is 2.44 bits per heavy atom. The lowest BCUT2D eigenvalue weighted by molar-refractivity contribution is 0.111. The molecule has 0 heterocycles. The van der Waals surface area contributed by atoms with Crippen molar-refractivity contribution in [1.82, 2.24) is 5.32 Å². The van der Waals surface area contributed by atoms with Gasteiger partial charge in [-0.3, -0.25) is 0 Å². The first-order valence-electron chi connectivity index (χ1n) is 6.79. The second-order valence-corrected chi connectivity index (χ2v) is 6.20. The number of rotatable bonds is 8. The maximum atomic E-state index is 11.2. The number of ether oxygens (including phenoxy) is 2. The van der Waals surface area contributed by atoms with Gasteiger partial charge in [0.2, 0.25) is 0 Å². The van der Waals surface area contributed by atoms with Crippen LogP contribution in [0.3, 0.4) is 0 Å². The molecule has 0 radical (unpaired) electrons. The predicted octanol–water partition coefficient (Wildman–Crippen LogP) is 3.21. The molecule has 108 valence electrons. The summed E-state index contributed by atoms with van der Waals surface area (Å²) in [6, 6.07) is 0. The highest BCUT2D eigenvalue weighted by Gasteiger charge is 2.08. The zero-order chi connectivity index (χ0) is 14.0. The van der Waals surface area contributed by atoms with E-state index < -0.39 is 0 Å². The van der Waals surface area contributed by atoms with Gasteiger partial charge in [0.05, 0.1) is 13.2 Å². The molecule has 0 aliphatic rings. The molecule has 18 heavy (non-hydrogen) atoms. The van der Waals surface area contributed by atoms with E-state index in [-0.39, 0.29) is 6.09 Å². The molecule has 0 fully saturated rings. The van der Waals surface area contributed by atoms with Crippen LogP contribution in [-0.2, 0) is 9.47 Å². The third kappa shape index (κ3) is 13.3. The van der Waals surface area contributed by atoms with E-state index in [4.69, 9.17) is 9.47 Å². The average Bonchev–Trinajstić information content (AvgIpc) is 2.23. The van der Waals surface area contributed by atoms with Gasteiger partial charge in [-0.05, 0) is 24.2 Å². The van der Waals surface area contributed by atoms with Crippen molar-refractivity contribution in [3.8, 4) is 0 Å². The van der Waals surface area contributed by atoms with Gasteiger partial charge in [0.25, 0.3) is 0 Å². The monoisotopic (exact) mass is 259 g/mol. The minimum absolute atomic E-state index is 0.359. The van der Waals surface area contributed by atoms with E-state index in [0.29, 0.717) is 31.1 Å². The zero-order valence-electron chi connectivity index (χ0n) is 12.5. The van der Waals surface area contributed by atoms with Crippen LogP contribution in [0.15, 0.2) is 0 Å². The fourth-order valence-electron chi connectivity index (χ4n) is 1.33. The van der Waals surface area contributed by atoms with Crippen molar-refractivity contribution in [3.05, 3.63) is 0 Å². The third-order valence-corrected chi connectivity index (χ3v) is 2.28. The molecule has 0 atom stereocenters. The molecule has 1 amide bonds. The summed E-state index contributed by atoms with van der Waals surface area (Å²) in [5.41, 5.74) is 0.363. The first-order chi connectivity index (χ1) is 8.31. The number of carbonyl (C=O) groups excluding carboxylic acids is 1. The van der Waals surface area contributed by atoms with E-state index in [2.05, 4.69) is 26.1 Å². The molecule has 0 unspecified atom stereocenters. The quantitative estimate of drug-likeness (QED) is 0.681. The molecule has 0 aliphatic heterocycles. The molecular weight excluding hydrogens is 230 g/mol. The molecule has 0 aliphatic carbocycles. The van der Waals surface area contributed by atoms with Gasteiger partial charge < -0.3 is 14.8 Å². The van der Waals surface area contributed by atoms with Gasteiger partial charge in [-0.2, -0.15) is 0 Å². The lowest BCUT2D eigenvalue weighted by Crippen LogP contribution is -2.29. The van der Waals surface area contributed by atoms with E-state index in [9.17, 15) is 4.79 Å². The van der Waals surface area contributed by atoms with E-state index in [1.165, 1.54) is 0 Å². The van der Waals surface area contributed by atoms with E-state index in [1.54, 1.807) is 0 Å². The second-order valence-electron chi connectivity index (χ2n) is 6.20. The van der Waals surface area contributed by atoms with Crippen LogP contribution < -0.4 is 5.32 Å².